The molecular formula is C19H20N2O. The lowest BCUT2D eigenvalue weighted by molar-refractivity contribution is 0.303. The van der Waals surface area contributed by atoms with Crippen LogP contribution in [0.5, 0.6) is 0 Å². The maximum Gasteiger partial charge on any atom is 0.146 e. The standard InChI is InChI=1S/C19H20N2O/c1-12-5-7-15(8-6-12)17-11-19(22-4)18(21-17)10-16-13(2)9-14(3)20-16/h5-11,20H,1-4H3/b18-10+. The number of benzene rings is 1. The van der Waals surface area contributed by atoms with Crippen LogP contribution >= 0.6 is 0 Å². The lowest BCUT2D eigenvalue weighted by atomic mass is 10.1. The summed E-state index contributed by atoms with van der Waals surface area (Å²) in [6, 6.07) is 10.5. The largest absolute Gasteiger partial charge is 0.494 e. The lowest BCUT2D eigenvalue weighted by Gasteiger charge is -2.01. The topological polar surface area (TPSA) is 37.4 Å². The van der Waals surface area contributed by atoms with Crippen LogP contribution in [0.2, 0.25) is 0 Å². The molecule has 1 aliphatic heterocycles. The van der Waals surface area contributed by atoms with Crippen molar-refractivity contribution in [2.45, 2.75) is 20.8 Å². The molecule has 1 aromatic carbocycles. The fourth-order valence-electron chi connectivity index (χ4n) is 2.59. The molecule has 0 atom stereocenters. The van der Waals surface area contributed by atoms with Gasteiger partial charge in [0.1, 0.15) is 11.5 Å². The number of aryl methyl sites for hydroxylation is 3. The summed E-state index contributed by atoms with van der Waals surface area (Å²) in [5.74, 6) is 0.794. The van der Waals surface area contributed by atoms with Crippen LogP contribution in [0, 0.1) is 20.8 Å². The molecule has 0 radical (unpaired) electrons. The number of nitrogens with one attached hydrogen (secondary N) is 1. The quantitative estimate of drug-likeness (QED) is 0.899. The second kappa shape index (κ2) is 5.68. The number of methoxy groups -OCH3 is 1. The van der Waals surface area contributed by atoms with Gasteiger partial charge in [0.25, 0.3) is 0 Å². The Morgan fingerprint density at radius 3 is 2.41 bits per heavy atom. The first-order chi connectivity index (χ1) is 10.6. The Hall–Kier alpha value is -2.55. The van der Waals surface area contributed by atoms with Crippen molar-refractivity contribution in [3.05, 3.63) is 75.9 Å². The second-order valence-corrected chi connectivity index (χ2v) is 5.65. The highest BCUT2D eigenvalue weighted by molar-refractivity contribution is 6.12. The minimum Gasteiger partial charge on any atom is -0.494 e. The van der Waals surface area contributed by atoms with Crippen LogP contribution in [-0.2, 0) is 4.74 Å². The summed E-state index contributed by atoms with van der Waals surface area (Å²) >= 11 is 0. The van der Waals surface area contributed by atoms with Gasteiger partial charge < -0.3 is 9.72 Å². The lowest BCUT2D eigenvalue weighted by Crippen LogP contribution is -1.93. The third-order valence-electron chi connectivity index (χ3n) is 3.80. The van der Waals surface area contributed by atoms with Gasteiger partial charge in [-0.05, 0) is 38.5 Å². The van der Waals surface area contributed by atoms with E-state index >= 15 is 0 Å². The monoisotopic (exact) mass is 292 g/mol. The van der Waals surface area contributed by atoms with Crippen molar-refractivity contribution in [3.8, 4) is 0 Å². The molecule has 0 unspecified atom stereocenters. The molecule has 3 rings (SSSR count). The number of rotatable bonds is 3. The van der Waals surface area contributed by atoms with Gasteiger partial charge in [-0.1, -0.05) is 29.8 Å². The third-order valence-corrected chi connectivity index (χ3v) is 3.80. The third kappa shape index (κ3) is 2.75. The van der Waals surface area contributed by atoms with Gasteiger partial charge in [-0.2, -0.15) is 0 Å². The zero-order chi connectivity index (χ0) is 15.7. The van der Waals surface area contributed by atoms with Crippen molar-refractivity contribution in [2.75, 3.05) is 7.11 Å². The molecule has 0 spiro atoms. The van der Waals surface area contributed by atoms with E-state index in [1.807, 2.05) is 12.2 Å². The summed E-state index contributed by atoms with van der Waals surface area (Å²) < 4.78 is 5.48. The summed E-state index contributed by atoms with van der Waals surface area (Å²) in [7, 11) is 1.68. The van der Waals surface area contributed by atoms with Crippen molar-refractivity contribution < 1.29 is 4.74 Å². The molecule has 2 aromatic rings. The van der Waals surface area contributed by atoms with Crippen LogP contribution < -0.4 is 0 Å². The Morgan fingerprint density at radius 1 is 1.09 bits per heavy atom. The van der Waals surface area contributed by atoms with Gasteiger partial charge in [-0.25, -0.2) is 4.99 Å². The molecule has 0 aliphatic carbocycles. The number of aliphatic imine (C=N–C) groups is 1. The highest BCUT2D eigenvalue weighted by Crippen LogP contribution is 2.26. The molecule has 0 bridgehead atoms. The summed E-state index contributed by atoms with van der Waals surface area (Å²) in [6.45, 7) is 6.22. The minimum absolute atomic E-state index is 0.794. The molecular weight excluding hydrogens is 272 g/mol. The predicted molar refractivity (Wildman–Crippen MR) is 91.1 cm³/mol. The van der Waals surface area contributed by atoms with Gasteiger partial charge in [0, 0.05) is 23.0 Å². The molecule has 112 valence electrons. The summed E-state index contributed by atoms with van der Waals surface area (Å²) in [5.41, 5.74) is 7.55. The van der Waals surface area contributed by atoms with E-state index in [1.165, 1.54) is 11.1 Å². The molecule has 0 saturated carbocycles. The van der Waals surface area contributed by atoms with Crippen molar-refractivity contribution in [3.63, 3.8) is 0 Å². The van der Waals surface area contributed by atoms with Crippen molar-refractivity contribution in [2.24, 2.45) is 4.99 Å². The fourth-order valence-corrected chi connectivity index (χ4v) is 2.59. The van der Waals surface area contributed by atoms with Crippen LogP contribution in [0.1, 0.15) is 28.1 Å². The van der Waals surface area contributed by atoms with E-state index in [4.69, 9.17) is 9.73 Å². The molecule has 0 amide bonds. The Kier molecular flexibility index (Phi) is 3.72. The molecule has 1 N–H and O–H groups in total. The van der Waals surface area contributed by atoms with Gasteiger partial charge in [0.2, 0.25) is 0 Å². The van der Waals surface area contributed by atoms with Crippen molar-refractivity contribution in [1.82, 2.24) is 4.98 Å². The number of hydrogen-bond acceptors (Lipinski definition) is 2. The number of aromatic amines is 1. The second-order valence-electron chi connectivity index (χ2n) is 5.65. The number of H-pyrrole nitrogens is 1. The van der Waals surface area contributed by atoms with E-state index in [2.05, 4.69) is 56.1 Å². The highest BCUT2D eigenvalue weighted by atomic mass is 16.5. The summed E-state index contributed by atoms with van der Waals surface area (Å²) in [5, 5.41) is 0. The van der Waals surface area contributed by atoms with Crippen LogP contribution in [0.25, 0.3) is 6.08 Å². The molecule has 0 saturated heterocycles. The molecule has 1 aliphatic rings. The van der Waals surface area contributed by atoms with Gasteiger partial charge in [-0.15, -0.1) is 0 Å². The van der Waals surface area contributed by atoms with E-state index in [0.717, 1.165) is 34.1 Å². The zero-order valence-corrected chi connectivity index (χ0v) is 13.4. The smallest absolute Gasteiger partial charge is 0.146 e. The first-order valence-electron chi connectivity index (χ1n) is 7.36. The van der Waals surface area contributed by atoms with Crippen molar-refractivity contribution >= 4 is 11.8 Å². The van der Waals surface area contributed by atoms with Crippen LogP contribution in [0.15, 0.2) is 52.9 Å². The highest BCUT2D eigenvalue weighted by Gasteiger charge is 2.17. The molecule has 22 heavy (non-hydrogen) atoms. The Balaban J connectivity index is 2.00. The normalized spacial score (nSPS) is 15.9. The number of hydrogen-bond donors (Lipinski definition) is 1. The minimum atomic E-state index is 0.794. The predicted octanol–water partition coefficient (Wildman–Crippen LogP) is 4.31. The number of ether oxygens (including phenoxy) is 1. The first-order valence-corrected chi connectivity index (χ1v) is 7.36. The maximum atomic E-state index is 5.48. The van der Waals surface area contributed by atoms with Gasteiger partial charge >= 0.3 is 0 Å². The average molecular weight is 292 g/mol. The van der Waals surface area contributed by atoms with Crippen LogP contribution in [0.3, 0.4) is 0 Å². The first kappa shape index (κ1) is 14.4. The van der Waals surface area contributed by atoms with E-state index in [9.17, 15) is 0 Å². The molecule has 1 aromatic heterocycles. The zero-order valence-electron chi connectivity index (χ0n) is 13.4. The van der Waals surface area contributed by atoms with E-state index in [-0.39, 0.29) is 0 Å². The van der Waals surface area contributed by atoms with E-state index < -0.39 is 0 Å². The maximum absolute atomic E-state index is 5.48. The van der Waals surface area contributed by atoms with Crippen molar-refractivity contribution in [1.29, 1.82) is 0 Å². The molecule has 2 heterocycles. The summed E-state index contributed by atoms with van der Waals surface area (Å²) in [4.78, 5) is 8.08. The Bertz CT molecular complexity index is 789. The number of nitrogens with zero attached hydrogens (tertiary/aromatic N) is 1. The van der Waals surface area contributed by atoms with Gasteiger partial charge in [-0.3, -0.25) is 0 Å². The SMILES string of the molecule is COC1=CC(c2ccc(C)cc2)=N/C1=C/c1[nH]c(C)cc1C. The van der Waals surface area contributed by atoms with E-state index in [1.54, 1.807) is 7.11 Å². The van der Waals surface area contributed by atoms with Gasteiger partial charge in [0.15, 0.2) is 0 Å². The van der Waals surface area contributed by atoms with Crippen LogP contribution in [0.4, 0.5) is 0 Å². The molecule has 3 nitrogen and oxygen atoms in total. The summed E-state index contributed by atoms with van der Waals surface area (Å²) in [6.07, 6.45) is 4.03. The molecule has 3 heteroatoms. The Morgan fingerprint density at radius 2 is 1.82 bits per heavy atom. The van der Waals surface area contributed by atoms with Crippen LogP contribution in [-0.4, -0.2) is 17.8 Å². The van der Waals surface area contributed by atoms with Gasteiger partial charge in [0.05, 0.1) is 12.8 Å². The van der Waals surface area contributed by atoms with E-state index in [0.29, 0.717) is 0 Å². The number of aromatic nitrogens is 1. The number of allylic oxidation sites excluding steroid dienone is 1. The molecule has 0 fully saturated rings. The fraction of sp³-hybridized carbons (Fsp3) is 0.211. The average Bonchev–Trinajstić information content (AvgIpc) is 3.03. The Labute approximate surface area is 131 Å².